The fraction of sp³-hybridized carbons (Fsp3) is 0.333. The minimum atomic E-state index is -4.78. The molecule has 2 atom stereocenters. The van der Waals surface area contributed by atoms with Gasteiger partial charge in [0.25, 0.3) is 0 Å². The van der Waals surface area contributed by atoms with E-state index in [1.807, 2.05) is 4.90 Å². The number of nitrogens with zero attached hydrogens (tertiary/aromatic N) is 3. The van der Waals surface area contributed by atoms with E-state index in [9.17, 15) is 22.7 Å². The molecule has 1 fully saturated rings. The lowest BCUT2D eigenvalue weighted by molar-refractivity contribution is -0.274. The smallest absolute Gasteiger partial charge is 0.406 e. The molecule has 164 valence electrons. The third-order valence-corrected chi connectivity index (χ3v) is 5.06. The van der Waals surface area contributed by atoms with Crippen molar-refractivity contribution in [3.8, 4) is 17.1 Å². The molecule has 1 aliphatic heterocycles. The van der Waals surface area contributed by atoms with Crippen LogP contribution in [0.25, 0.3) is 11.4 Å². The number of halogens is 4. The molecular weight excluding hydrogens is 418 g/mol. The van der Waals surface area contributed by atoms with Crippen LogP contribution < -0.4 is 4.74 Å². The van der Waals surface area contributed by atoms with E-state index in [1.165, 1.54) is 24.3 Å². The highest BCUT2D eigenvalue weighted by Gasteiger charge is 2.36. The summed E-state index contributed by atoms with van der Waals surface area (Å²) >= 11 is 0. The minimum Gasteiger partial charge on any atom is -0.406 e. The van der Waals surface area contributed by atoms with E-state index in [-0.39, 0.29) is 36.4 Å². The van der Waals surface area contributed by atoms with Gasteiger partial charge >= 0.3 is 6.36 Å². The molecule has 31 heavy (non-hydrogen) atoms. The Morgan fingerprint density at radius 3 is 2.77 bits per heavy atom. The van der Waals surface area contributed by atoms with Gasteiger partial charge in [0.1, 0.15) is 11.6 Å². The summed E-state index contributed by atoms with van der Waals surface area (Å²) in [6.45, 7) is 2.17. The first-order chi connectivity index (χ1) is 14.7. The second-order valence-corrected chi connectivity index (χ2v) is 7.45. The van der Waals surface area contributed by atoms with E-state index in [2.05, 4.69) is 14.9 Å². The number of ether oxygens (including phenoxy) is 1. The number of β-amino-alcohol motifs (C(OH)–C–C–N with tert-alkyl or cyclic N) is 1. The van der Waals surface area contributed by atoms with Gasteiger partial charge in [0.2, 0.25) is 11.7 Å². The summed E-state index contributed by atoms with van der Waals surface area (Å²) in [6.07, 6.45) is -5.12. The molecule has 1 N–H and O–H groups in total. The van der Waals surface area contributed by atoms with E-state index < -0.39 is 18.5 Å². The van der Waals surface area contributed by atoms with Crippen molar-refractivity contribution < 1.29 is 31.9 Å². The van der Waals surface area contributed by atoms with Gasteiger partial charge in [-0.15, -0.1) is 13.2 Å². The van der Waals surface area contributed by atoms with Crippen LogP contribution >= 0.6 is 0 Å². The largest absolute Gasteiger partial charge is 0.573 e. The summed E-state index contributed by atoms with van der Waals surface area (Å²) in [7, 11) is 0. The summed E-state index contributed by atoms with van der Waals surface area (Å²) in [5, 5.41) is 14.1. The predicted octanol–water partition coefficient (Wildman–Crippen LogP) is 4.39. The number of aliphatic hydroxyl groups is 1. The van der Waals surface area contributed by atoms with Crippen molar-refractivity contribution in [3.63, 3.8) is 0 Å². The molecule has 4 rings (SSSR count). The molecule has 1 aromatic heterocycles. The topological polar surface area (TPSA) is 71.6 Å². The third kappa shape index (κ3) is 5.02. The van der Waals surface area contributed by atoms with Gasteiger partial charge < -0.3 is 14.4 Å². The Morgan fingerprint density at radius 1 is 1.23 bits per heavy atom. The summed E-state index contributed by atoms with van der Waals surface area (Å²) in [5.41, 5.74) is 1.52. The molecule has 0 radical (unpaired) electrons. The summed E-state index contributed by atoms with van der Waals surface area (Å²) < 4.78 is 60.7. The number of aliphatic hydroxyl groups excluding tert-OH is 1. The average Bonchev–Trinajstić information content (AvgIpc) is 3.29. The van der Waals surface area contributed by atoms with E-state index in [0.29, 0.717) is 23.1 Å². The molecule has 1 aliphatic rings. The predicted molar refractivity (Wildman–Crippen MR) is 101 cm³/mol. The van der Waals surface area contributed by atoms with Gasteiger partial charge in [0.05, 0.1) is 12.1 Å². The summed E-state index contributed by atoms with van der Waals surface area (Å²) in [5.74, 6) is -0.239. The van der Waals surface area contributed by atoms with E-state index >= 15 is 0 Å². The lowest BCUT2D eigenvalue weighted by atomic mass is 10.1. The Bertz CT molecular complexity index is 1070. The fourth-order valence-electron chi connectivity index (χ4n) is 3.61. The number of alkyl halides is 3. The lowest BCUT2D eigenvalue weighted by Gasteiger charge is -2.21. The zero-order valence-corrected chi connectivity index (χ0v) is 16.4. The van der Waals surface area contributed by atoms with Crippen LogP contribution in [0.15, 0.2) is 47.0 Å². The van der Waals surface area contributed by atoms with Crippen LogP contribution in [-0.4, -0.2) is 39.2 Å². The van der Waals surface area contributed by atoms with Crippen molar-refractivity contribution in [2.75, 3.05) is 6.54 Å². The zero-order valence-electron chi connectivity index (χ0n) is 16.4. The fourth-order valence-corrected chi connectivity index (χ4v) is 3.61. The van der Waals surface area contributed by atoms with Gasteiger partial charge in [-0.1, -0.05) is 29.4 Å². The molecule has 0 spiro atoms. The molecule has 2 heterocycles. The first-order valence-electron chi connectivity index (χ1n) is 9.55. The molecule has 3 aromatic rings. The van der Waals surface area contributed by atoms with Crippen LogP contribution in [0.3, 0.4) is 0 Å². The molecule has 0 aliphatic carbocycles. The lowest BCUT2D eigenvalue weighted by Crippen LogP contribution is -2.24. The molecule has 0 saturated carbocycles. The van der Waals surface area contributed by atoms with Gasteiger partial charge in [-0.2, -0.15) is 4.98 Å². The van der Waals surface area contributed by atoms with Crippen molar-refractivity contribution in [2.24, 2.45) is 0 Å². The van der Waals surface area contributed by atoms with Crippen LogP contribution in [0.2, 0.25) is 0 Å². The van der Waals surface area contributed by atoms with Crippen molar-refractivity contribution in [3.05, 3.63) is 65.3 Å². The Balaban J connectivity index is 1.53. The number of hydrogen-bond acceptors (Lipinski definition) is 6. The van der Waals surface area contributed by atoms with Gasteiger partial charge in [0, 0.05) is 18.7 Å². The quantitative estimate of drug-likeness (QED) is 0.597. The first kappa shape index (κ1) is 21.3. The Labute approximate surface area is 175 Å². The minimum absolute atomic E-state index is 0.218. The van der Waals surface area contributed by atoms with Crippen molar-refractivity contribution in [2.45, 2.75) is 38.4 Å². The monoisotopic (exact) mass is 437 g/mol. The Morgan fingerprint density at radius 2 is 2.03 bits per heavy atom. The number of aryl methyl sites for hydroxylation is 1. The average molecular weight is 437 g/mol. The van der Waals surface area contributed by atoms with Crippen molar-refractivity contribution in [1.82, 2.24) is 15.0 Å². The number of aromatic nitrogens is 2. The second-order valence-electron chi connectivity index (χ2n) is 7.45. The zero-order chi connectivity index (χ0) is 22.2. The maximum Gasteiger partial charge on any atom is 0.573 e. The molecule has 0 unspecified atom stereocenters. The Kier molecular flexibility index (Phi) is 5.67. The highest BCUT2D eigenvalue weighted by atomic mass is 19.4. The second kappa shape index (κ2) is 8.27. The highest BCUT2D eigenvalue weighted by Crippen LogP contribution is 2.34. The number of rotatable bonds is 5. The van der Waals surface area contributed by atoms with Gasteiger partial charge in [-0.3, -0.25) is 4.90 Å². The van der Waals surface area contributed by atoms with E-state index in [4.69, 9.17) is 4.52 Å². The molecule has 2 aromatic carbocycles. The van der Waals surface area contributed by atoms with Crippen LogP contribution in [0.1, 0.15) is 29.5 Å². The van der Waals surface area contributed by atoms with Crippen molar-refractivity contribution >= 4 is 0 Å². The SMILES string of the molecule is Cc1ccc(-c2noc([C@@H]3C[C@@H](O)CN3Cc3cccc(OC(F)(F)F)c3)n2)cc1F. The molecule has 0 bridgehead atoms. The first-order valence-corrected chi connectivity index (χ1v) is 9.55. The van der Waals surface area contributed by atoms with Crippen LogP contribution in [0.4, 0.5) is 17.6 Å². The molecule has 6 nitrogen and oxygen atoms in total. The van der Waals surface area contributed by atoms with Crippen LogP contribution in [0.5, 0.6) is 5.75 Å². The molecular formula is C21H19F4N3O3. The van der Waals surface area contributed by atoms with Gasteiger partial charge in [-0.05, 0) is 42.7 Å². The Hall–Kier alpha value is -2.98. The van der Waals surface area contributed by atoms with Crippen molar-refractivity contribution in [1.29, 1.82) is 0 Å². The summed E-state index contributed by atoms with van der Waals surface area (Å²) in [6, 6.07) is 9.83. The number of benzene rings is 2. The summed E-state index contributed by atoms with van der Waals surface area (Å²) in [4.78, 5) is 6.19. The standard InChI is InChI=1S/C21H19F4N3O3/c1-12-5-6-14(8-17(12)22)19-26-20(31-27-19)18-9-15(29)11-28(18)10-13-3-2-4-16(7-13)30-21(23,24)25/h2-8,15,18,29H,9-11H2,1H3/t15-,18+/m1/s1. The van der Waals surface area contributed by atoms with Gasteiger partial charge in [-0.25, -0.2) is 4.39 Å². The van der Waals surface area contributed by atoms with E-state index in [0.717, 1.165) is 0 Å². The highest BCUT2D eigenvalue weighted by molar-refractivity contribution is 5.55. The molecule has 10 heteroatoms. The number of likely N-dealkylation sites (tertiary alicyclic amines) is 1. The maximum atomic E-state index is 13.9. The normalized spacial score (nSPS) is 19.7. The van der Waals surface area contributed by atoms with Crippen LogP contribution in [0, 0.1) is 12.7 Å². The molecule has 0 amide bonds. The van der Waals surface area contributed by atoms with E-state index in [1.54, 1.807) is 25.1 Å². The maximum absolute atomic E-state index is 13.9. The van der Waals surface area contributed by atoms with Crippen LogP contribution in [-0.2, 0) is 6.54 Å². The third-order valence-electron chi connectivity index (χ3n) is 5.06. The molecule has 1 saturated heterocycles. The van der Waals surface area contributed by atoms with Gasteiger partial charge in [0.15, 0.2) is 0 Å². The number of hydrogen-bond donors (Lipinski definition) is 1.